The van der Waals surface area contributed by atoms with Gasteiger partial charge in [0.1, 0.15) is 12.4 Å². The number of nitrogens with one attached hydrogen (secondary N) is 1. The molecule has 1 amide bonds. The lowest BCUT2D eigenvalue weighted by Crippen LogP contribution is -2.41. The van der Waals surface area contributed by atoms with Gasteiger partial charge in [0.15, 0.2) is 5.65 Å². The van der Waals surface area contributed by atoms with Gasteiger partial charge in [0.05, 0.1) is 5.56 Å². The topological polar surface area (TPSA) is 106 Å². The molecule has 0 aliphatic carbocycles. The highest BCUT2D eigenvalue weighted by molar-refractivity contribution is 5.96. The van der Waals surface area contributed by atoms with Gasteiger partial charge in [0.2, 0.25) is 0 Å². The van der Waals surface area contributed by atoms with Crippen LogP contribution in [0.4, 0.5) is 0 Å². The molecule has 106 valence electrons. The number of nitrogens with zero attached hydrogens (tertiary/aromatic N) is 3. The van der Waals surface area contributed by atoms with Crippen molar-refractivity contribution in [2.24, 2.45) is 0 Å². The third-order valence-electron chi connectivity index (χ3n) is 2.77. The minimum atomic E-state index is -1.10. The van der Waals surface area contributed by atoms with Crippen molar-refractivity contribution in [2.75, 3.05) is 13.7 Å². The van der Waals surface area contributed by atoms with E-state index in [1.54, 1.807) is 22.7 Å². The Morgan fingerprint density at radius 2 is 2.30 bits per heavy atom. The van der Waals surface area contributed by atoms with Crippen LogP contribution in [-0.4, -0.2) is 51.3 Å². The average molecular weight is 278 g/mol. The van der Waals surface area contributed by atoms with Gasteiger partial charge in [-0.2, -0.15) is 0 Å². The van der Waals surface area contributed by atoms with Crippen LogP contribution in [0.1, 0.15) is 16.8 Å². The van der Waals surface area contributed by atoms with Gasteiger partial charge in [0.25, 0.3) is 5.91 Å². The van der Waals surface area contributed by atoms with E-state index in [9.17, 15) is 9.59 Å². The number of carboxylic acids is 1. The minimum absolute atomic E-state index is 0.201. The van der Waals surface area contributed by atoms with E-state index in [2.05, 4.69) is 15.5 Å². The predicted octanol–water partition coefficient (Wildman–Crippen LogP) is -0.0512. The molecule has 20 heavy (non-hydrogen) atoms. The number of rotatable bonds is 6. The number of hydrogen-bond acceptors (Lipinski definition) is 5. The normalized spacial score (nSPS) is 12.2. The number of ether oxygens (including phenoxy) is 1. The van der Waals surface area contributed by atoms with Gasteiger partial charge >= 0.3 is 5.97 Å². The van der Waals surface area contributed by atoms with Gasteiger partial charge in [-0.25, -0.2) is 4.79 Å². The van der Waals surface area contributed by atoms with Crippen molar-refractivity contribution >= 4 is 17.5 Å². The lowest BCUT2D eigenvalue weighted by Gasteiger charge is -2.14. The van der Waals surface area contributed by atoms with Gasteiger partial charge < -0.3 is 15.2 Å². The summed E-state index contributed by atoms with van der Waals surface area (Å²) in [6, 6.07) is 2.21. The van der Waals surface area contributed by atoms with E-state index < -0.39 is 17.9 Å². The largest absolute Gasteiger partial charge is 0.480 e. The molecule has 8 heteroatoms. The van der Waals surface area contributed by atoms with Crippen molar-refractivity contribution in [3.63, 3.8) is 0 Å². The maximum absolute atomic E-state index is 12.0. The van der Waals surface area contributed by atoms with Gasteiger partial charge in [0, 0.05) is 26.3 Å². The molecule has 2 aromatic rings. The number of fused-ring (bicyclic) bond motifs is 1. The number of amides is 1. The quantitative estimate of drug-likeness (QED) is 0.767. The summed E-state index contributed by atoms with van der Waals surface area (Å²) in [6.07, 6.45) is 3.21. The highest BCUT2D eigenvalue weighted by Gasteiger charge is 2.20. The Bertz CT molecular complexity index is 625. The number of carbonyl (C=O) groups is 2. The number of methoxy groups -OCH3 is 1. The van der Waals surface area contributed by atoms with E-state index in [0.29, 0.717) is 11.2 Å². The number of aliphatic carboxylic acids is 1. The van der Waals surface area contributed by atoms with Crippen LogP contribution < -0.4 is 5.32 Å². The number of pyridine rings is 1. The molecule has 2 heterocycles. The molecule has 8 nitrogen and oxygen atoms in total. The Kier molecular flexibility index (Phi) is 4.26. The number of aromatic nitrogens is 3. The highest BCUT2D eigenvalue weighted by Crippen LogP contribution is 2.04. The monoisotopic (exact) mass is 278 g/mol. The van der Waals surface area contributed by atoms with Crippen LogP contribution >= 0.6 is 0 Å². The summed E-state index contributed by atoms with van der Waals surface area (Å²) >= 11 is 0. The van der Waals surface area contributed by atoms with Crippen LogP contribution in [0.5, 0.6) is 0 Å². The van der Waals surface area contributed by atoms with Crippen LogP contribution in [0.3, 0.4) is 0 Å². The molecular weight excluding hydrogens is 264 g/mol. The average Bonchev–Trinajstić information content (AvgIpc) is 2.90. The molecule has 0 spiro atoms. The molecule has 0 aliphatic rings. The number of carboxylic acid groups (broad SMARTS) is 1. The first-order valence-corrected chi connectivity index (χ1v) is 5.94. The number of carbonyl (C=O) groups excluding carboxylic acids is 1. The molecule has 2 rings (SSSR count). The van der Waals surface area contributed by atoms with Crippen LogP contribution in [0, 0.1) is 0 Å². The summed E-state index contributed by atoms with van der Waals surface area (Å²) in [7, 11) is 1.47. The van der Waals surface area contributed by atoms with E-state index in [4.69, 9.17) is 9.84 Å². The van der Waals surface area contributed by atoms with Gasteiger partial charge in [-0.15, -0.1) is 10.2 Å². The molecule has 1 unspecified atom stereocenters. The second kappa shape index (κ2) is 6.11. The van der Waals surface area contributed by atoms with Crippen molar-refractivity contribution in [3.05, 3.63) is 30.2 Å². The molecule has 0 saturated heterocycles. The van der Waals surface area contributed by atoms with Gasteiger partial charge in [-0.05, 0) is 12.1 Å². The second-order valence-electron chi connectivity index (χ2n) is 4.16. The third kappa shape index (κ3) is 3.09. The first-order chi connectivity index (χ1) is 9.61. The Morgan fingerprint density at radius 3 is 3.00 bits per heavy atom. The summed E-state index contributed by atoms with van der Waals surface area (Å²) in [4.78, 5) is 23.1. The fourth-order valence-corrected chi connectivity index (χ4v) is 1.70. The fraction of sp³-hybridized carbons (Fsp3) is 0.333. The lowest BCUT2D eigenvalue weighted by molar-refractivity contribution is -0.139. The van der Waals surface area contributed by atoms with Crippen molar-refractivity contribution < 1.29 is 19.4 Å². The standard InChI is InChI=1S/C12H14N4O4/c1-20-5-4-9(12(18)19)14-11(17)8-2-3-10-15-13-7-16(10)6-8/h2-3,6-7,9H,4-5H2,1H3,(H,14,17)(H,18,19). The van der Waals surface area contributed by atoms with Crippen molar-refractivity contribution in [3.8, 4) is 0 Å². The Hall–Kier alpha value is -2.48. The Labute approximate surface area is 114 Å². The summed E-state index contributed by atoms with van der Waals surface area (Å²) < 4.78 is 6.40. The van der Waals surface area contributed by atoms with E-state index in [0.717, 1.165) is 0 Å². The maximum atomic E-state index is 12.0. The van der Waals surface area contributed by atoms with Crippen LogP contribution in [0.25, 0.3) is 5.65 Å². The smallest absolute Gasteiger partial charge is 0.326 e. The van der Waals surface area contributed by atoms with Crippen LogP contribution in [0.15, 0.2) is 24.7 Å². The van der Waals surface area contributed by atoms with E-state index >= 15 is 0 Å². The summed E-state index contributed by atoms with van der Waals surface area (Å²) in [5, 5.41) is 19.0. The first kappa shape index (κ1) is 13.9. The van der Waals surface area contributed by atoms with Gasteiger partial charge in [-0.3, -0.25) is 9.20 Å². The minimum Gasteiger partial charge on any atom is -0.480 e. The van der Waals surface area contributed by atoms with E-state index in [1.807, 2.05) is 0 Å². The zero-order valence-electron chi connectivity index (χ0n) is 10.8. The van der Waals surface area contributed by atoms with Crippen molar-refractivity contribution in [1.29, 1.82) is 0 Å². The van der Waals surface area contributed by atoms with Crippen molar-refractivity contribution in [2.45, 2.75) is 12.5 Å². The Morgan fingerprint density at radius 1 is 1.50 bits per heavy atom. The molecule has 0 fully saturated rings. The molecule has 2 N–H and O–H groups in total. The molecule has 0 aromatic carbocycles. The second-order valence-corrected chi connectivity index (χ2v) is 4.16. The van der Waals surface area contributed by atoms with Crippen LogP contribution in [-0.2, 0) is 9.53 Å². The molecular formula is C12H14N4O4. The van der Waals surface area contributed by atoms with Gasteiger partial charge in [-0.1, -0.05) is 0 Å². The highest BCUT2D eigenvalue weighted by atomic mass is 16.5. The Balaban J connectivity index is 2.10. The number of hydrogen-bond donors (Lipinski definition) is 2. The molecule has 1 atom stereocenters. The van der Waals surface area contributed by atoms with Crippen LogP contribution in [0.2, 0.25) is 0 Å². The lowest BCUT2D eigenvalue weighted by atomic mass is 10.2. The van der Waals surface area contributed by atoms with E-state index in [1.165, 1.54) is 13.4 Å². The SMILES string of the molecule is COCCC(NC(=O)c1ccc2nncn2c1)C(=O)O. The fourth-order valence-electron chi connectivity index (χ4n) is 1.70. The molecule has 0 radical (unpaired) electrons. The zero-order valence-corrected chi connectivity index (χ0v) is 10.8. The maximum Gasteiger partial charge on any atom is 0.326 e. The summed E-state index contributed by atoms with van der Waals surface area (Å²) in [5.74, 6) is -1.56. The predicted molar refractivity (Wildman–Crippen MR) is 68.4 cm³/mol. The molecule has 0 saturated carbocycles. The van der Waals surface area contributed by atoms with Crippen molar-refractivity contribution in [1.82, 2.24) is 19.9 Å². The first-order valence-electron chi connectivity index (χ1n) is 5.94. The van der Waals surface area contributed by atoms with E-state index in [-0.39, 0.29) is 13.0 Å². The summed E-state index contributed by atoms with van der Waals surface area (Å²) in [5.41, 5.74) is 0.941. The molecule has 0 bridgehead atoms. The molecule has 0 aliphatic heterocycles. The molecule has 2 aromatic heterocycles. The third-order valence-corrected chi connectivity index (χ3v) is 2.77. The summed E-state index contributed by atoms with van der Waals surface area (Å²) in [6.45, 7) is 0.252. The zero-order chi connectivity index (χ0) is 14.5.